The quantitative estimate of drug-likeness (QED) is 0.399. The van der Waals surface area contributed by atoms with Gasteiger partial charge in [-0.3, -0.25) is 9.69 Å². The van der Waals surface area contributed by atoms with Gasteiger partial charge in [0.2, 0.25) is 0 Å². The van der Waals surface area contributed by atoms with Crippen LogP contribution in [0, 0.1) is 0 Å². The Balaban J connectivity index is 1.15. The van der Waals surface area contributed by atoms with Crippen LogP contribution in [0.15, 0.2) is 52.9 Å². The molecule has 1 unspecified atom stereocenters. The van der Waals surface area contributed by atoms with Crippen molar-refractivity contribution >= 4 is 38.5 Å². The number of nitrogens with one attached hydrogen (secondary N) is 1. The second-order valence-electron chi connectivity index (χ2n) is 8.96. The van der Waals surface area contributed by atoms with Gasteiger partial charge < -0.3 is 19.6 Å². The van der Waals surface area contributed by atoms with Crippen LogP contribution in [0.1, 0.15) is 31.4 Å². The first-order valence-electron chi connectivity index (χ1n) is 11.4. The highest BCUT2D eigenvalue weighted by Crippen LogP contribution is 2.38. The number of rotatable bonds is 7. The van der Waals surface area contributed by atoms with E-state index in [0.29, 0.717) is 23.0 Å². The predicted octanol–water partition coefficient (Wildman–Crippen LogP) is 5.00. The third-order valence-corrected chi connectivity index (χ3v) is 7.70. The Hall–Kier alpha value is -2.94. The monoisotopic (exact) mass is 463 g/mol. The van der Waals surface area contributed by atoms with Gasteiger partial charge in [0.15, 0.2) is 0 Å². The summed E-state index contributed by atoms with van der Waals surface area (Å²) in [5.74, 6) is 0.877. The summed E-state index contributed by atoms with van der Waals surface area (Å²) < 4.78 is 13.3. The number of aromatic nitrogens is 1. The number of ether oxygens (including phenoxy) is 1. The summed E-state index contributed by atoms with van der Waals surface area (Å²) in [5, 5.41) is 13.8. The van der Waals surface area contributed by atoms with E-state index in [4.69, 9.17) is 14.3 Å². The van der Waals surface area contributed by atoms with Crippen molar-refractivity contribution in [3.8, 4) is 10.9 Å². The summed E-state index contributed by atoms with van der Waals surface area (Å²) in [7, 11) is 0. The van der Waals surface area contributed by atoms with Crippen LogP contribution in [0.25, 0.3) is 21.2 Å². The molecule has 2 bridgehead atoms. The predicted molar refractivity (Wildman–Crippen MR) is 127 cm³/mol. The Morgan fingerprint density at radius 2 is 2.00 bits per heavy atom. The van der Waals surface area contributed by atoms with E-state index in [1.54, 1.807) is 0 Å². The molecule has 8 heteroatoms. The topological polar surface area (TPSA) is 87.8 Å². The molecular formula is C25H25N3O4S. The molecule has 0 aliphatic carbocycles. The zero-order valence-corrected chi connectivity index (χ0v) is 18.9. The lowest BCUT2D eigenvalue weighted by molar-refractivity contribution is -0.136. The summed E-state index contributed by atoms with van der Waals surface area (Å²) in [6, 6.07) is 17.3. The second-order valence-corrected chi connectivity index (χ2v) is 9.96. The first kappa shape index (κ1) is 20.7. The second kappa shape index (κ2) is 8.44. The molecule has 0 saturated carbocycles. The molecule has 2 fully saturated rings. The molecule has 170 valence electrons. The maximum absolute atomic E-state index is 10.9. The Labute approximate surface area is 195 Å². The molecule has 2 aromatic heterocycles. The molecule has 0 spiro atoms. The van der Waals surface area contributed by atoms with E-state index in [0.717, 1.165) is 59.2 Å². The first-order chi connectivity index (χ1) is 16.1. The lowest BCUT2D eigenvalue weighted by Crippen LogP contribution is -2.49. The van der Waals surface area contributed by atoms with Crippen molar-refractivity contribution in [1.29, 1.82) is 0 Å². The van der Waals surface area contributed by atoms with Gasteiger partial charge in [-0.1, -0.05) is 23.5 Å². The fourth-order valence-corrected chi connectivity index (χ4v) is 6.15. The zero-order chi connectivity index (χ0) is 22.4. The number of hydrogen-bond donors (Lipinski definition) is 2. The SMILES string of the molecule is O=C(O)CNC1C[C@H]2CC[C@@H](C1)N2Cc1cc2ccc(Oc3nc4ccccc4s3)cc2o1. The smallest absolute Gasteiger partial charge is 0.317 e. The number of benzene rings is 2. The third-order valence-electron chi connectivity index (χ3n) is 6.79. The van der Waals surface area contributed by atoms with Crippen molar-refractivity contribution in [3.05, 3.63) is 54.3 Å². The highest BCUT2D eigenvalue weighted by molar-refractivity contribution is 7.20. The van der Waals surface area contributed by atoms with Crippen LogP contribution in [-0.2, 0) is 11.3 Å². The van der Waals surface area contributed by atoms with Crippen molar-refractivity contribution in [2.24, 2.45) is 0 Å². The molecule has 2 aromatic carbocycles. The van der Waals surface area contributed by atoms with Gasteiger partial charge in [0.25, 0.3) is 5.19 Å². The number of nitrogens with zero attached hydrogens (tertiary/aromatic N) is 2. The van der Waals surface area contributed by atoms with Crippen LogP contribution in [0.3, 0.4) is 0 Å². The van der Waals surface area contributed by atoms with Gasteiger partial charge in [0, 0.05) is 29.6 Å². The number of furan rings is 1. The number of carboxylic acids is 1. The largest absolute Gasteiger partial charge is 0.480 e. The molecule has 0 amide bonds. The maximum atomic E-state index is 10.9. The van der Waals surface area contributed by atoms with Crippen LogP contribution in [0.2, 0.25) is 0 Å². The van der Waals surface area contributed by atoms with Crippen molar-refractivity contribution in [2.75, 3.05) is 6.54 Å². The van der Waals surface area contributed by atoms with Crippen LogP contribution >= 0.6 is 11.3 Å². The Kier molecular flexibility index (Phi) is 5.28. The highest BCUT2D eigenvalue weighted by atomic mass is 32.1. The highest BCUT2D eigenvalue weighted by Gasteiger charge is 2.40. The van der Waals surface area contributed by atoms with Crippen LogP contribution in [0.4, 0.5) is 0 Å². The van der Waals surface area contributed by atoms with Gasteiger partial charge in [-0.15, -0.1) is 0 Å². The first-order valence-corrected chi connectivity index (χ1v) is 12.2. The average molecular weight is 464 g/mol. The molecule has 7 nitrogen and oxygen atoms in total. The molecule has 2 saturated heterocycles. The van der Waals surface area contributed by atoms with Crippen molar-refractivity contribution < 1.29 is 19.1 Å². The molecule has 33 heavy (non-hydrogen) atoms. The minimum atomic E-state index is -0.793. The van der Waals surface area contributed by atoms with Gasteiger partial charge in [-0.05, 0) is 56.0 Å². The van der Waals surface area contributed by atoms with E-state index in [-0.39, 0.29) is 12.6 Å². The molecule has 3 atom stereocenters. The molecule has 2 aliphatic heterocycles. The number of fused-ring (bicyclic) bond motifs is 4. The zero-order valence-electron chi connectivity index (χ0n) is 18.1. The minimum absolute atomic E-state index is 0.0368. The standard InChI is InChI=1S/C25H25N3O4S/c29-24(30)13-26-16-10-17-6-7-18(11-16)28(17)14-20-9-15-5-8-19(12-22(15)31-20)32-25-27-21-3-1-2-4-23(21)33-25/h1-5,8-9,12,16-18,26H,6-7,10-11,13-14H2,(H,29,30)/t16?,17-,18+. The molecule has 0 radical (unpaired) electrons. The maximum Gasteiger partial charge on any atom is 0.317 e. The molecule has 4 heterocycles. The lowest BCUT2D eigenvalue weighted by Gasteiger charge is -2.38. The summed E-state index contributed by atoms with van der Waals surface area (Å²) in [6.07, 6.45) is 4.31. The molecule has 2 N–H and O–H groups in total. The molecule has 4 aromatic rings. The summed E-state index contributed by atoms with van der Waals surface area (Å²) in [5.41, 5.74) is 1.75. The number of thiazole rings is 1. The lowest BCUT2D eigenvalue weighted by atomic mass is 9.97. The Bertz CT molecular complexity index is 1270. The van der Waals surface area contributed by atoms with Gasteiger partial charge in [0.05, 0.1) is 23.3 Å². The van der Waals surface area contributed by atoms with E-state index >= 15 is 0 Å². The Morgan fingerprint density at radius 3 is 2.79 bits per heavy atom. The summed E-state index contributed by atoms with van der Waals surface area (Å²) in [4.78, 5) is 18.0. The summed E-state index contributed by atoms with van der Waals surface area (Å²) in [6.45, 7) is 0.818. The van der Waals surface area contributed by atoms with E-state index in [9.17, 15) is 4.79 Å². The average Bonchev–Trinajstić information content (AvgIpc) is 3.45. The number of para-hydroxylation sites is 1. The van der Waals surface area contributed by atoms with E-state index in [1.165, 1.54) is 11.3 Å². The van der Waals surface area contributed by atoms with Crippen molar-refractivity contribution in [2.45, 2.75) is 50.4 Å². The number of aliphatic carboxylic acids is 1. The van der Waals surface area contributed by atoms with E-state index < -0.39 is 5.97 Å². The third kappa shape index (κ3) is 4.21. The molecule has 6 rings (SSSR count). The van der Waals surface area contributed by atoms with Gasteiger partial charge in [-0.2, -0.15) is 0 Å². The number of hydrogen-bond acceptors (Lipinski definition) is 7. The van der Waals surface area contributed by atoms with E-state index in [2.05, 4.69) is 21.3 Å². The van der Waals surface area contributed by atoms with E-state index in [1.807, 2.05) is 42.5 Å². The number of piperidine rings is 1. The number of carbonyl (C=O) groups is 1. The fourth-order valence-electron chi connectivity index (χ4n) is 5.31. The van der Waals surface area contributed by atoms with Crippen LogP contribution < -0.4 is 10.1 Å². The summed E-state index contributed by atoms with van der Waals surface area (Å²) >= 11 is 1.53. The van der Waals surface area contributed by atoms with Crippen LogP contribution in [0.5, 0.6) is 10.9 Å². The van der Waals surface area contributed by atoms with Gasteiger partial charge in [0.1, 0.15) is 17.1 Å². The van der Waals surface area contributed by atoms with Crippen molar-refractivity contribution in [3.63, 3.8) is 0 Å². The van der Waals surface area contributed by atoms with Gasteiger partial charge in [-0.25, -0.2) is 4.98 Å². The molecular weight excluding hydrogens is 438 g/mol. The Morgan fingerprint density at radius 1 is 1.18 bits per heavy atom. The number of carboxylic acid groups (broad SMARTS) is 1. The molecule has 2 aliphatic rings. The normalized spacial score (nSPS) is 22.8. The van der Waals surface area contributed by atoms with Crippen molar-refractivity contribution in [1.82, 2.24) is 15.2 Å². The van der Waals surface area contributed by atoms with Crippen LogP contribution in [-0.4, -0.2) is 45.6 Å². The minimum Gasteiger partial charge on any atom is -0.480 e. The van der Waals surface area contributed by atoms with Gasteiger partial charge >= 0.3 is 5.97 Å². The fraction of sp³-hybridized carbons (Fsp3) is 0.360.